The first-order chi connectivity index (χ1) is 24.8. The number of hydrogen-bond acceptors (Lipinski definition) is 9. The third kappa shape index (κ3) is 10.7. The van der Waals surface area contributed by atoms with E-state index in [1.54, 1.807) is 6.20 Å². The number of aromatic nitrogens is 1. The molecule has 0 saturated carbocycles. The molecule has 5 rings (SSSR count). The topological polar surface area (TPSA) is 150 Å². The van der Waals surface area contributed by atoms with Gasteiger partial charge in [0, 0.05) is 63.0 Å². The Labute approximate surface area is 308 Å². The summed E-state index contributed by atoms with van der Waals surface area (Å²) in [4.78, 5) is 50.2. The number of aliphatic hydroxyl groups is 1. The second kappa shape index (κ2) is 17.6. The van der Waals surface area contributed by atoms with Gasteiger partial charge >= 0.3 is 5.97 Å². The van der Waals surface area contributed by atoms with Crippen LogP contribution in [0.5, 0.6) is 0 Å². The van der Waals surface area contributed by atoms with E-state index in [-0.39, 0.29) is 30.7 Å². The van der Waals surface area contributed by atoms with Crippen LogP contribution in [0.25, 0.3) is 0 Å². The smallest absolute Gasteiger partial charge is 0.323 e. The minimum absolute atomic E-state index is 0.111. The third-order valence-electron chi connectivity index (χ3n) is 9.96. The lowest BCUT2D eigenvalue weighted by Gasteiger charge is -2.43. The molecular weight excluding hydrogens is 656 g/mol. The van der Waals surface area contributed by atoms with E-state index in [9.17, 15) is 19.5 Å². The van der Waals surface area contributed by atoms with Crippen LogP contribution in [0.4, 0.5) is 0 Å². The molecule has 11 nitrogen and oxygen atoms in total. The summed E-state index contributed by atoms with van der Waals surface area (Å²) in [5.74, 6) is -1.64. The van der Waals surface area contributed by atoms with Crippen LogP contribution in [0.1, 0.15) is 69.3 Å². The number of nitrogens with one attached hydrogen (secondary N) is 2. The maximum Gasteiger partial charge on any atom is 0.323 e. The number of amides is 2. The highest BCUT2D eigenvalue weighted by Gasteiger charge is 2.39. The Morgan fingerprint density at radius 3 is 2.40 bits per heavy atom. The first-order valence-electron chi connectivity index (χ1n) is 18.5. The molecule has 1 aliphatic heterocycles. The molecule has 11 heteroatoms. The number of nitrogens with two attached hydrogens (primary N) is 1. The number of ether oxygens (including phenoxy) is 1. The molecular formula is C41H56N6O5. The molecule has 280 valence electrons. The van der Waals surface area contributed by atoms with E-state index in [1.165, 1.54) is 0 Å². The average Bonchev–Trinajstić information content (AvgIpc) is 3.42. The van der Waals surface area contributed by atoms with Crippen LogP contribution in [0.3, 0.4) is 0 Å². The lowest BCUT2D eigenvalue weighted by molar-refractivity contribution is -0.155. The van der Waals surface area contributed by atoms with Crippen LogP contribution in [0.15, 0.2) is 79.1 Å². The Kier molecular flexibility index (Phi) is 13.2. The van der Waals surface area contributed by atoms with Crippen molar-refractivity contribution in [2.24, 2.45) is 17.6 Å². The van der Waals surface area contributed by atoms with Gasteiger partial charge in [-0.25, -0.2) is 0 Å². The quantitative estimate of drug-likeness (QED) is 0.185. The van der Waals surface area contributed by atoms with Crippen LogP contribution < -0.4 is 16.4 Å². The minimum atomic E-state index is -0.842. The standard InChI is InChI=1S/C41H56N6O5/c1-27(2)36(42)40(51)52-32(25-47-19-18-46(24-29-14-11-17-43-23-29)26-34(47)39(50)45-41(3,4)5)21-31(20-28-12-7-6-8-13-28)38(49)44-37-33-16-10-9-15-30(33)22-35(37)48/h6-17,23,27,31-32,34-37,48H,18-22,24-26,42H2,1-5H3,(H,44,49)(H,45,50)/t31-,32+,34+,35-,36+,37+/m1/s1. The van der Waals surface area contributed by atoms with Gasteiger partial charge in [0.05, 0.1) is 12.1 Å². The molecule has 52 heavy (non-hydrogen) atoms. The molecule has 2 aromatic carbocycles. The number of fused-ring (bicyclic) bond motifs is 1. The predicted molar refractivity (Wildman–Crippen MR) is 201 cm³/mol. The fourth-order valence-electron chi connectivity index (χ4n) is 7.15. The van der Waals surface area contributed by atoms with Gasteiger partial charge in [0.2, 0.25) is 11.8 Å². The molecule has 1 aromatic heterocycles. The van der Waals surface area contributed by atoms with E-state index < -0.39 is 47.8 Å². The molecule has 1 saturated heterocycles. The third-order valence-corrected chi connectivity index (χ3v) is 9.96. The number of esters is 1. The van der Waals surface area contributed by atoms with Crippen molar-refractivity contribution in [3.8, 4) is 0 Å². The van der Waals surface area contributed by atoms with Crippen LogP contribution in [-0.2, 0) is 38.5 Å². The van der Waals surface area contributed by atoms with Crippen molar-refractivity contribution in [1.82, 2.24) is 25.4 Å². The zero-order valence-corrected chi connectivity index (χ0v) is 31.2. The molecule has 2 amide bonds. The molecule has 1 fully saturated rings. The second-order valence-corrected chi connectivity index (χ2v) is 15.8. The van der Waals surface area contributed by atoms with Crippen molar-refractivity contribution in [3.63, 3.8) is 0 Å². The fraction of sp³-hybridized carbons (Fsp3) is 0.512. The first-order valence-corrected chi connectivity index (χ1v) is 18.5. The highest BCUT2D eigenvalue weighted by molar-refractivity contribution is 5.83. The summed E-state index contributed by atoms with van der Waals surface area (Å²) in [6, 6.07) is 19.5. The highest BCUT2D eigenvalue weighted by atomic mass is 16.5. The number of rotatable bonds is 14. The number of nitrogens with zero attached hydrogens (tertiary/aromatic N) is 3. The van der Waals surface area contributed by atoms with Crippen LogP contribution >= 0.6 is 0 Å². The van der Waals surface area contributed by atoms with Gasteiger partial charge in [-0.1, -0.05) is 74.5 Å². The Morgan fingerprint density at radius 2 is 1.71 bits per heavy atom. The number of aliphatic hydroxyl groups excluding tert-OH is 1. The van der Waals surface area contributed by atoms with Crippen molar-refractivity contribution >= 4 is 17.8 Å². The summed E-state index contributed by atoms with van der Waals surface area (Å²) in [6.45, 7) is 12.2. The Balaban J connectivity index is 1.42. The minimum Gasteiger partial charge on any atom is -0.460 e. The van der Waals surface area contributed by atoms with Crippen molar-refractivity contribution in [1.29, 1.82) is 0 Å². The monoisotopic (exact) mass is 712 g/mol. The zero-order valence-electron chi connectivity index (χ0n) is 31.2. The largest absolute Gasteiger partial charge is 0.460 e. The SMILES string of the molecule is CC(C)[C@H](N)C(=O)O[C@@H](C[C@@H](Cc1ccccc1)C(=O)N[C@H]1c2ccccc2C[C@H]1O)CN1CCN(Cc2cccnc2)C[C@H]1C(=O)NC(C)(C)C. The molecule has 0 radical (unpaired) electrons. The molecule has 0 bridgehead atoms. The summed E-state index contributed by atoms with van der Waals surface area (Å²) in [6.07, 6.45) is 3.15. The van der Waals surface area contributed by atoms with Gasteiger partial charge < -0.3 is 26.2 Å². The lowest BCUT2D eigenvalue weighted by atomic mass is 9.91. The first kappa shape index (κ1) is 39.1. The van der Waals surface area contributed by atoms with Gasteiger partial charge in [-0.05, 0) is 67.9 Å². The van der Waals surface area contributed by atoms with E-state index in [0.717, 1.165) is 22.3 Å². The molecule has 2 aliphatic rings. The summed E-state index contributed by atoms with van der Waals surface area (Å²) < 4.78 is 6.20. The molecule has 1 aliphatic carbocycles. The zero-order chi connectivity index (χ0) is 37.4. The Bertz CT molecular complexity index is 1630. The van der Waals surface area contributed by atoms with Gasteiger partial charge in [-0.3, -0.25) is 29.2 Å². The van der Waals surface area contributed by atoms with Crippen molar-refractivity contribution in [3.05, 3.63) is 101 Å². The van der Waals surface area contributed by atoms with Gasteiger partial charge in [0.1, 0.15) is 18.2 Å². The summed E-state index contributed by atoms with van der Waals surface area (Å²) in [7, 11) is 0. The lowest BCUT2D eigenvalue weighted by Crippen LogP contribution is -2.62. The van der Waals surface area contributed by atoms with E-state index >= 15 is 0 Å². The molecule has 3 aromatic rings. The molecule has 0 unspecified atom stereocenters. The fourth-order valence-corrected chi connectivity index (χ4v) is 7.15. The van der Waals surface area contributed by atoms with Gasteiger partial charge in [0.25, 0.3) is 0 Å². The molecule has 6 atom stereocenters. The summed E-state index contributed by atoms with van der Waals surface area (Å²) in [5.41, 5.74) is 9.78. The molecule has 0 spiro atoms. The Morgan fingerprint density at radius 1 is 1.00 bits per heavy atom. The van der Waals surface area contributed by atoms with Crippen molar-refractivity contribution in [2.45, 2.75) is 96.3 Å². The van der Waals surface area contributed by atoms with Gasteiger partial charge in [0.15, 0.2) is 0 Å². The van der Waals surface area contributed by atoms with Gasteiger partial charge in [-0.15, -0.1) is 0 Å². The van der Waals surface area contributed by atoms with Crippen LogP contribution in [0, 0.1) is 11.8 Å². The summed E-state index contributed by atoms with van der Waals surface area (Å²) >= 11 is 0. The predicted octanol–water partition coefficient (Wildman–Crippen LogP) is 3.40. The molecule has 5 N–H and O–H groups in total. The number of carbonyl (C=O) groups excluding carboxylic acids is 3. The highest BCUT2D eigenvalue weighted by Crippen LogP contribution is 2.32. The second-order valence-electron chi connectivity index (χ2n) is 15.8. The average molecular weight is 713 g/mol. The van der Waals surface area contributed by atoms with E-state index in [1.807, 2.05) is 108 Å². The number of pyridine rings is 1. The number of piperazine rings is 1. The van der Waals surface area contributed by atoms with Gasteiger partial charge in [-0.2, -0.15) is 0 Å². The molecule has 2 heterocycles. The van der Waals surface area contributed by atoms with Crippen molar-refractivity contribution in [2.75, 3.05) is 26.2 Å². The van der Waals surface area contributed by atoms with E-state index in [2.05, 4.69) is 25.4 Å². The van der Waals surface area contributed by atoms with Crippen molar-refractivity contribution < 1.29 is 24.2 Å². The van der Waals surface area contributed by atoms with E-state index in [0.29, 0.717) is 39.0 Å². The normalized spacial score (nSPS) is 21.2. The summed E-state index contributed by atoms with van der Waals surface area (Å²) in [5, 5.41) is 17.3. The number of benzene rings is 2. The maximum atomic E-state index is 14.3. The number of hydrogen-bond donors (Lipinski definition) is 4. The maximum absolute atomic E-state index is 14.3. The number of carbonyl (C=O) groups is 3. The van der Waals surface area contributed by atoms with Crippen LogP contribution in [-0.4, -0.2) is 93.7 Å². The van der Waals surface area contributed by atoms with Crippen LogP contribution in [0.2, 0.25) is 0 Å². The Hall–Kier alpha value is -4.16. The van der Waals surface area contributed by atoms with E-state index in [4.69, 9.17) is 10.5 Å².